The number of rotatable bonds is 3. The van der Waals surface area contributed by atoms with Gasteiger partial charge in [0.2, 0.25) is 0 Å². The molecule has 7 heteroatoms. The van der Waals surface area contributed by atoms with Gasteiger partial charge in [0, 0.05) is 17.7 Å². The summed E-state index contributed by atoms with van der Waals surface area (Å²) < 4.78 is 23.7. The SMILES string of the molecule is CS(=O)(=O)c1ccc2ncnc(NC3Cc4ccc(O)cc4C3)c2c1. The summed E-state index contributed by atoms with van der Waals surface area (Å²) in [5, 5.41) is 13.7. The molecule has 128 valence electrons. The lowest BCUT2D eigenvalue weighted by Gasteiger charge is -2.14. The summed E-state index contributed by atoms with van der Waals surface area (Å²) >= 11 is 0. The number of benzene rings is 2. The van der Waals surface area contributed by atoms with E-state index in [1.54, 1.807) is 30.3 Å². The number of anilines is 1. The maximum Gasteiger partial charge on any atom is 0.175 e. The second-order valence-corrected chi connectivity index (χ2v) is 8.39. The first kappa shape index (κ1) is 15.8. The molecule has 4 rings (SSSR count). The molecule has 0 bridgehead atoms. The van der Waals surface area contributed by atoms with Crippen LogP contribution >= 0.6 is 0 Å². The Bertz CT molecular complexity index is 1080. The molecular weight excluding hydrogens is 338 g/mol. The van der Waals surface area contributed by atoms with Crippen molar-refractivity contribution in [2.75, 3.05) is 11.6 Å². The Morgan fingerprint density at radius 1 is 1.08 bits per heavy atom. The van der Waals surface area contributed by atoms with E-state index in [0.29, 0.717) is 16.7 Å². The number of aromatic nitrogens is 2. The number of aromatic hydroxyl groups is 1. The molecule has 1 aromatic heterocycles. The van der Waals surface area contributed by atoms with Gasteiger partial charge < -0.3 is 10.4 Å². The highest BCUT2D eigenvalue weighted by Gasteiger charge is 2.23. The lowest BCUT2D eigenvalue weighted by Crippen LogP contribution is -2.20. The maximum absolute atomic E-state index is 11.8. The van der Waals surface area contributed by atoms with Crippen LogP contribution in [0.4, 0.5) is 5.82 Å². The van der Waals surface area contributed by atoms with Crippen LogP contribution in [-0.2, 0) is 22.7 Å². The Morgan fingerprint density at radius 3 is 2.68 bits per heavy atom. The molecule has 3 aromatic rings. The van der Waals surface area contributed by atoms with Gasteiger partial charge in [0.05, 0.1) is 10.4 Å². The van der Waals surface area contributed by atoms with Crippen molar-refractivity contribution in [2.45, 2.75) is 23.8 Å². The number of hydrogen-bond donors (Lipinski definition) is 2. The smallest absolute Gasteiger partial charge is 0.175 e. The van der Waals surface area contributed by atoms with Crippen molar-refractivity contribution in [2.24, 2.45) is 0 Å². The topological polar surface area (TPSA) is 92.2 Å². The first-order chi connectivity index (χ1) is 11.9. The average Bonchev–Trinajstić information content (AvgIpc) is 2.95. The molecule has 6 nitrogen and oxygen atoms in total. The molecule has 2 N–H and O–H groups in total. The van der Waals surface area contributed by atoms with Gasteiger partial charge in [-0.25, -0.2) is 18.4 Å². The van der Waals surface area contributed by atoms with E-state index in [4.69, 9.17) is 0 Å². The minimum Gasteiger partial charge on any atom is -0.508 e. The van der Waals surface area contributed by atoms with E-state index in [1.165, 1.54) is 18.1 Å². The fourth-order valence-corrected chi connectivity index (χ4v) is 3.93. The standard InChI is InChI=1S/C18H17N3O3S/c1-25(23,24)15-4-5-17-16(9-15)18(20-10-19-17)21-13-6-11-2-3-14(22)8-12(11)7-13/h2-5,8-10,13,22H,6-7H2,1H3,(H,19,20,21). The van der Waals surface area contributed by atoms with Gasteiger partial charge in [-0.15, -0.1) is 0 Å². The van der Waals surface area contributed by atoms with E-state index in [2.05, 4.69) is 15.3 Å². The molecule has 0 amide bonds. The van der Waals surface area contributed by atoms with E-state index in [0.717, 1.165) is 18.4 Å². The van der Waals surface area contributed by atoms with Crippen molar-refractivity contribution < 1.29 is 13.5 Å². The second-order valence-electron chi connectivity index (χ2n) is 6.38. The minimum absolute atomic E-state index is 0.136. The van der Waals surface area contributed by atoms with Crippen LogP contribution < -0.4 is 5.32 Å². The van der Waals surface area contributed by atoms with Crippen molar-refractivity contribution in [3.05, 3.63) is 53.9 Å². The number of nitrogens with one attached hydrogen (secondary N) is 1. The molecule has 0 fully saturated rings. The van der Waals surface area contributed by atoms with E-state index in [9.17, 15) is 13.5 Å². The van der Waals surface area contributed by atoms with Crippen molar-refractivity contribution in [1.82, 2.24) is 9.97 Å². The summed E-state index contributed by atoms with van der Waals surface area (Å²) in [5.74, 6) is 0.891. The molecule has 1 aliphatic rings. The summed E-state index contributed by atoms with van der Waals surface area (Å²) in [6.45, 7) is 0. The molecule has 1 atom stereocenters. The molecule has 0 saturated heterocycles. The number of fused-ring (bicyclic) bond motifs is 2. The van der Waals surface area contributed by atoms with E-state index in [-0.39, 0.29) is 16.7 Å². The van der Waals surface area contributed by atoms with Gasteiger partial charge in [0.15, 0.2) is 9.84 Å². The van der Waals surface area contributed by atoms with E-state index < -0.39 is 9.84 Å². The van der Waals surface area contributed by atoms with E-state index >= 15 is 0 Å². The normalized spacial score (nSPS) is 16.8. The lowest BCUT2D eigenvalue weighted by molar-refractivity contribution is 0.474. The van der Waals surface area contributed by atoms with Gasteiger partial charge in [0.25, 0.3) is 0 Å². The number of hydrogen-bond acceptors (Lipinski definition) is 6. The largest absolute Gasteiger partial charge is 0.508 e. The molecule has 0 saturated carbocycles. The number of phenolic OH excluding ortho intramolecular Hbond substituents is 1. The van der Waals surface area contributed by atoms with Crippen LogP contribution in [0.1, 0.15) is 11.1 Å². The molecule has 1 aliphatic carbocycles. The van der Waals surface area contributed by atoms with Gasteiger partial charge in [-0.3, -0.25) is 0 Å². The number of sulfone groups is 1. The fraction of sp³-hybridized carbons (Fsp3) is 0.222. The van der Waals surface area contributed by atoms with Gasteiger partial charge in [-0.1, -0.05) is 6.07 Å². The Balaban J connectivity index is 1.68. The Hall–Kier alpha value is -2.67. The van der Waals surface area contributed by atoms with Gasteiger partial charge in [-0.2, -0.15) is 0 Å². The van der Waals surface area contributed by atoms with Crippen LogP contribution in [0.3, 0.4) is 0 Å². The van der Waals surface area contributed by atoms with Crippen LogP contribution in [0.25, 0.3) is 10.9 Å². The molecule has 1 heterocycles. The van der Waals surface area contributed by atoms with Gasteiger partial charge in [-0.05, 0) is 54.3 Å². The quantitative estimate of drug-likeness (QED) is 0.749. The molecule has 0 aliphatic heterocycles. The molecular formula is C18H17N3O3S. The molecule has 0 radical (unpaired) electrons. The van der Waals surface area contributed by atoms with E-state index in [1.807, 2.05) is 6.07 Å². The number of phenols is 1. The van der Waals surface area contributed by atoms with Crippen LogP contribution in [0, 0.1) is 0 Å². The maximum atomic E-state index is 11.8. The first-order valence-electron chi connectivity index (χ1n) is 7.92. The van der Waals surface area contributed by atoms with Crippen molar-refractivity contribution in [3.8, 4) is 5.75 Å². The highest BCUT2D eigenvalue weighted by molar-refractivity contribution is 7.90. The zero-order valence-electron chi connectivity index (χ0n) is 13.6. The number of nitrogens with zero attached hydrogens (tertiary/aromatic N) is 2. The summed E-state index contributed by atoms with van der Waals surface area (Å²) in [6, 6.07) is 10.4. The highest BCUT2D eigenvalue weighted by Crippen LogP contribution is 2.29. The summed E-state index contributed by atoms with van der Waals surface area (Å²) in [5.41, 5.74) is 3.01. The highest BCUT2D eigenvalue weighted by atomic mass is 32.2. The van der Waals surface area contributed by atoms with Gasteiger partial charge >= 0.3 is 0 Å². The van der Waals surface area contributed by atoms with Crippen LogP contribution in [0.5, 0.6) is 5.75 Å². The van der Waals surface area contributed by atoms with Crippen molar-refractivity contribution in [3.63, 3.8) is 0 Å². The lowest BCUT2D eigenvalue weighted by atomic mass is 10.1. The monoisotopic (exact) mass is 355 g/mol. The third kappa shape index (κ3) is 3.02. The second kappa shape index (κ2) is 5.70. The van der Waals surface area contributed by atoms with Crippen LogP contribution in [0.15, 0.2) is 47.6 Å². The summed E-state index contributed by atoms with van der Waals surface area (Å²) in [7, 11) is -3.30. The fourth-order valence-electron chi connectivity index (χ4n) is 3.28. The molecule has 25 heavy (non-hydrogen) atoms. The third-order valence-electron chi connectivity index (χ3n) is 4.50. The third-order valence-corrected chi connectivity index (χ3v) is 5.61. The Kier molecular flexibility index (Phi) is 3.61. The zero-order chi connectivity index (χ0) is 17.6. The first-order valence-corrected chi connectivity index (χ1v) is 9.81. The van der Waals surface area contributed by atoms with Crippen LogP contribution in [-0.4, -0.2) is 35.8 Å². The average molecular weight is 355 g/mol. The van der Waals surface area contributed by atoms with Crippen molar-refractivity contribution in [1.29, 1.82) is 0 Å². The molecule has 0 spiro atoms. The predicted molar refractivity (Wildman–Crippen MR) is 95.6 cm³/mol. The summed E-state index contributed by atoms with van der Waals surface area (Å²) in [4.78, 5) is 8.77. The van der Waals surface area contributed by atoms with Crippen molar-refractivity contribution >= 4 is 26.6 Å². The molecule has 2 aromatic carbocycles. The Morgan fingerprint density at radius 2 is 1.88 bits per heavy atom. The predicted octanol–water partition coefficient (Wildman–Crippen LogP) is 2.32. The van der Waals surface area contributed by atoms with Gasteiger partial charge in [0.1, 0.15) is 17.9 Å². The summed E-state index contributed by atoms with van der Waals surface area (Å²) in [6.07, 6.45) is 4.26. The minimum atomic E-state index is -3.30. The van der Waals surface area contributed by atoms with Crippen LogP contribution in [0.2, 0.25) is 0 Å². The zero-order valence-corrected chi connectivity index (χ0v) is 14.4. The molecule has 1 unspecified atom stereocenters. The Labute approximate surface area is 145 Å².